The Morgan fingerprint density at radius 3 is 2.12 bits per heavy atom. The van der Waals surface area contributed by atoms with Gasteiger partial charge < -0.3 is 4.74 Å². The van der Waals surface area contributed by atoms with Crippen LogP contribution in [0.2, 0.25) is 0 Å². The summed E-state index contributed by atoms with van der Waals surface area (Å²) < 4.78 is 5.56. The number of amides is 2. The van der Waals surface area contributed by atoms with E-state index >= 15 is 0 Å². The maximum absolute atomic E-state index is 13.1. The molecule has 4 atom stereocenters. The van der Waals surface area contributed by atoms with Crippen LogP contribution in [0.4, 0.5) is 5.69 Å². The molecule has 0 unspecified atom stereocenters. The molecule has 2 bridgehead atoms. The Kier molecular flexibility index (Phi) is 4.91. The number of fused-ring (bicyclic) bond motifs is 5. The van der Waals surface area contributed by atoms with Crippen molar-refractivity contribution in [3.05, 3.63) is 108 Å². The zero-order chi connectivity index (χ0) is 23.2. The first-order chi connectivity index (χ1) is 16.6. The average molecular weight is 450 g/mol. The second kappa shape index (κ2) is 8.10. The standard InChI is InChI=1S/C29H23NO4/c31-27-25-20-11-12-21(16-20)26(25)28(32)30(27)23-8-4-7-22(17-23)29(33)34-24-13-9-19(10-14-24)15-18-5-2-1-3-6-18/h1-14,17,20-21,25-26H,15-16H2/t20-,21+,25-,26+. The lowest BCUT2D eigenvalue weighted by Crippen LogP contribution is -2.33. The fourth-order valence-corrected chi connectivity index (χ4v) is 5.60. The third-order valence-electron chi connectivity index (χ3n) is 7.20. The first kappa shape index (κ1) is 20.6. The van der Waals surface area contributed by atoms with E-state index in [-0.39, 0.29) is 35.5 Å². The summed E-state index contributed by atoms with van der Waals surface area (Å²) >= 11 is 0. The quantitative estimate of drug-likeness (QED) is 0.243. The molecule has 3 aliphatic rings. The summed E-state index contributed by atoms with van der Waals surface area (Å²) in [6.45, 7) is 0. The van der Waals surface area contributed by atoms with Gasteiger partial charge in [-0.2, -0.15) is 0 Å². The minimum Gasteiger partial charge on any atom is -0.423 e. The molecule has 0 spiro atoms. The highest BCUT2D eigenvalue weighted by Gasteiger charge is 2.59. The monoisotopic (exact) mass is 449 g/mol. The van der Waals surface area contributed by atoms with E-state index in [2.05, 4.69) is 24.3 Å². The molecule has 5 nitrogen and oxygen atoms in total. The van der Waals surface area contributed by atoms with Gasteiger partial charge in [0.1, 0.15) is 5.75 Å². The van der Waals surface area contributed by atoms with Gasteiger partial charge in [-0.1, -0.05) is 60.7 Å². The van der Waals surface area contributed by atoms with Crippen LogP contribution in [0.3, 0.4) is 0 Å². The van der Waals surface area contributed by atoms with Gasteiger partial charge in [0.25, 0.3) is 0 Å². The third kappa shape index (κ3) is 3.45. The van der Waals surface area contributed by atoms with Gasteiger partial charge in [-0.15, -0.1) is 0 Å². The summed E-state index contributed by atoms with van der Waals surface area (Å²) in [5.74, 6) is -0.655. The smallest absolute Gasteiger partial charge is 0.343 e. The van der Waals surface area contributed by atoms with Gasteiger partial charge in [0.2, 0.25) is 11.8 Å². The number of nitrogens with zero attached hydrogens (tertiary/aromatic N) is 1. The van der Waals surface area contributed by atoms with Crippen molar-refractivity contribution in [2.24, 2.45) is 23.7 Å². The van der Waals surface area contributed by atoms with Crippen LogP contribution < -0.4 is 9.64 Å². The van der Waals surface area contributed by atoms with Gasteiger partial charge in [0.15, 0.2) is 0 Å². The molecule has 0 N–H and O–H groups in total. The Morgan fingerprint density at radius 1 is 0.794 bits per heavy atom. The number of imide groups is 1. The number of esters is 1. The van der Waals surface area contributed by atoms with Crippen molar-refractivity contribution in [2.45, 2.75) is 12.8 Å². The predicted molar refractivity (Wildman–Crippen MR) is 127 cm³/mol. The molecule has 1 saturated heterocycles. The Morgan fingerprint density at radius 2 is 1.44 bits per heavy atom. The molecule has 2 fully saturated rings. The summed E-state index contributed by atoms with van der Waals surface area (Å²) in [4.78, 5) is 40.2. The predicted octanol–water partition coefficient (Wildman–Crippen LogP) is 4.81. The van der Waals surface area contributed by atoms with E-state index in [0.717, 1.165) is 18.4 Å². The van der Waals surface area contributed by atoms with Crippen LogP contribution >= 0.6 is 0 Å². The van der Waals surface area contributed by atoms with E-state index in [1.807, 2.05) is 30.3 Å². The Hall–Kier alpha value is -3.99. The molecule has 2 amide bonds. The highest BCUT2D eigenvalue weighted by atomic mass is 16.5. The van der Waals surface area contributed by atoms with Crippen molar-refractivity contribution in [1.82, 2.24) is 0 Å². The number of carbonyl (C=O) groups excluding carboxylic acids is 3. The number of rotatable bonds is 5. The van der Waals surface area contributed by atoms with Crippen molar-refractivity contribution in [2.75, 3.05) is 4.90 Å². The van der Waals surface area contributed by atoms with Crippen LogP contribution in [0, 0.1) is 23.7 Å². The molecule has 168 valence electrons. The van der Waals surface area contributed by atoms with Crippen LogP contribution in [-0.4, -0.2) is 17.8 Å². The van der Waals surface area contributed by atoms with Crippen molar-refractivity contribution >= 4 is 23.5 Å². The van der Waals surface area contributed by atoms with E-state index < -0.39 is 5.97 Å². The molecule has 1 aliphatic heterocycles. The van der Waals surface area contributed by atoms with Crippen molar-refractivity contribution in [1.29, 1.82) is 0 Å². The first-order valence-electron chi connectivity index (χ1n) is 11.6. The Balaban J connectivity index is 1.16. The summed E-state index contributed by atoms with van der Waals surface area (Å²) in [7, 11) is 0. The minimum absolute atomic E-state index is 0.148. The zero-order valence-electron chi connectivity index (χ0n) is 18.5. The second-order valence-corrected chi connectivity index (χ2v) is 9.26. The normalized spacial score (nSPS) is 24.5. The number of allylic oxidation sites excluding steroid dienone is 2. The van der Waals surface area contributed by atoms with Gasteiger partial charge in [-0.25, -0.2) is 9.69 Å². The second-order valence-electron chi connectivity index (χ2n) is 9.26. The molecule has 34 heavy (non-hydrogen) atoms. The topological polar surface area (TPSA) is 63.7 Å². The number of hydrogen-bond acceptors (Lipinski definition) is 4. The summed E-state index contributed by atoms with van der Waals surface area (Å²) in [6, 6.07) is 24.2. The molecule has 3 aromatic carbocycles. The fraction of sp³-hybridized carbons (Fsp3) is 0.207. The average Bonchev–Trinajstić information content (AvgIpc) is 3.55. The minimum atomic E-state index is -0.529. The molecular formula is C29H23NO4. The summed E-state index contributed by atoms with van der Waals surface area (Å²) in [5.41, 5.74) is 3.05. The molecule has 0 radical (unpaired) electrons. The van der Waals surface area contributed by atoms with E-state index in [9.17, 15) is 14.4 Å². The first-order valence-corrected chi connectivity index (χ1v) is 11.6. The van der Waals surface area contributed by atoms with E-state index in [0.29, 0.717) is 17.0 Å². The lowest BCUT2D eigenvalue weighted by atomic mass is 9.85. The molecule has 1 saturated carbocycles. The van der Waals surface area contributed by atoms with Crippen molar-refractivity contribution < 1.29 is 19.1 Å². The van der Waals surface area contributed by atoms with Crippen LogP contribution in [0.5, 0.6) is 5.75 Å². The number of carbonyl (C=O) groups is 3. The van der Waals surface area contributed by atoms with Crippen LogP contribution in [-0.2, 0) is 16.0 Å². The number of anilines is 1. The molecule has 5 heteroatoms. The van der Waals surface area contributed by atoms with E-state index in [1.165, 1.54) is 10.5 Å². The molecule has 2 aliphatic carbocycles. The Labute approximate surface area is 197 Å². The summed E-state index contributed by atoms with van der Waals surface area (Å²) in [5, 5.41) is 0. The van der Waals surface area contributed by atoms with Gasteiger partial charge >= 0.3 is 5.97 Å². The van der Waals surface area contributed by atoms with E-state index in [1.54, 1.807) is 36.4 Å². The van der Waals surface area contributed by atoms with Crippen LogP contribution in [0.15, 0.2) is 91.0 Å². The largest absolute Gasteiger partial charge is 0.423 e. The lowest BCUT2D eigenvalue weighted by molar-refractivity contribution is -0.123. The van der Waals surface area contributed by atoms with Crippen molar-refractivity contribution in [3.8, 4) is 5.75 Å². The summed E-state index contributed by atoms with van der Waals surface area (Å²) in [6.07, 6.45) is 5.82. The highest BCUT2D eigenvalue weighted by molar-refractivity contribution is 6.23. The highest BCUT2D eigenvalue weighted by Crippen LogP contribution is 2.53. The van der Waals surface area contributed by atoms with Crippen LogP contribution in [0.1, 0.15) is 27.9 Å². The SMILES string of the molecule is O=C(Oc1ccc(Cc2ccccc2)cc1)c1cccc(N2C(=O)[C@@H]3[C@H](C2=O)[C@@H]2C=C[C@H]3C2)c1. The van der Waals surface area contributed by atoms with Crippen LogP contribution in [0.25, 0.3) is 0 Å². The van der Waals surface area contributed by atoms with Gasteiger partial charge in [-0.3, -0.25) is 9.59 Å². The molecule has 3 aromatic rings. The molecular weight excluding hydrogens is 426 g/mol. The third-order valence-corrected chi connectivity index (χ3v) is 7.20. The van der Waals surface area contributed by atoms with Gasteiger partial charge in [0, 0.05) is 0 Å². The van der Waals surface area contributed by atoms with E-state index in [4.69, 9.17) is 4.74 Å². The number of ether oxygens (including phenoxy) is 1. The van der Waals surface area contributed by atoms with Crippen molar-refractivity contribution in [3.63, 3.8) is 0 Å². The maximum atomic E-state index is 13.1. The number of hydrogen-bond donors (Lipinski definition) is 0. The van der Waals surface area contributed by atoms with Gasteiger partial charge in [-0.05, 0) is 66.1 Å². The zero-order valence-corrected chi connectivity index (χ0v) is 18.5. The lowest BCUT2D eigenvalue weighted by Gasteiger charge is -2.18. The Bertz CT molecular complexity index is 1280. The number of benzene rings is 3. The fourth-order valence-electron chi connectivity index (χ4n) is 5.60. The van der Waals surface area contributed by atoms with Gasteiger partial charge in [0.05, 0.1) is 23.1 Å². The maximum Gasteiger partial charge on any atom is 0.343 e. The molecule has 0 aromatic heterocycles. The molecule has 6 rings (SSSR count). The molecule has 1 heterocycles.